The van der Waals surface area contributed by atoms with Gasteiger partial charge in [-0.05, 0) is 38.3 Å². The van der Waals surface area contributed by atoms with E-state index in [-0.39, 0.29) is 0 Å². The van der Waals surface area contributed by atoms with Crippen molar-refractivity contribution in [1.29, 1.82) is 0 Å². The van der Waals surface area contributed by atoms with Crippen molar-refractivity contribution in [3.63, 3.8) is 0 Å². The number of piperidine rings is 1. The van der Waals surface area contributed by atoms with E-state index in [4.69, 9.17) is 0 Å². The van der Waals surface area contributed by atoms with Gasteiger partial charge in [0.05, 0.1) is 11.7 Å². The smallest absolute Gasteiger partial charge is 0.0758 e. The maximum Gasteiger partial charge on any atom is 0.0758 e. The maximum absolute atomic E-state index is 4.51. The summed E-state index contributed by atoms with van der Waals surface area (Å²) >= 11 is 0. The van der Waals surface area contributed by atoms with E-state index in [0.717, 1.165) is 5.92 Å². The molecule has 4 heteroatoms. The summed E-state index contributed by atoms with van der Waals surface area (Å²) < 4.78 is 0. The highest BCUT2D eigenvalue weighted by Crippen LogP contribution is 2.54. The molecule has 3 saturated heterocycles. The Balaban J connectivity index is 1.69. The lowest BCUT2D eigenvalue weighted by Crippen LogP contribution is -2.44. The Kier molecular flexibility index (Phi) is 2.05. The SMILES string of the molecule is c1cnc(C2CC3CCN2C32CCNC2)cn1. The van der Waals surface area contributed by atoms with Crippen LogP contribution in [0.1, 0.15) is 31.0 Å². The largest absolute Gasteiger partial charge is 0.315 e. The molecule has 90 valence electrons. The van der Waals surface area contributed by atoms with E-state index in [1.165, 1.54) is 44.6 Å². The molecule has 0 radical (unpaired) electrons. The zero-order chi connectivity index (χ0) is 11.3. The minimum Gasteiger partial charge on any atom is -0.315 e. The first-order valence-corrected chi connectivity index (χ1v) is 6.63. The average Bonchev–Trinajstić information content (AvgIpc) is 3.08. The number of hydrogen-bond donors (Lipinski definition) is 1. The number of hydrogen-bond acceptors (Lipinski definition) is 4. The van der Waals surface area contributed by atoms with Gasteiger partial charge in [0.15, 0.2) is 0 Å². The first-order chi connectivity index (χ1) is 8.40. The topological polar surface area (TPSA) is 41.1 Å². The Bertz CT molecular complexity index is 413. The monoisotopic (exact) mass is 230 g/mol. The third-order valence-corrected chi connectivity index (χ3v) is 5.02. The average molecular weight is 230 g/mol. The molecule has 0 aromatic carbocycles. The molecule has 1 aromatic rings. The fraction of sp³-hybridized carbons (Fsp3) is 0.692. The molecule has 17 heavy (non-hydrogen) atoms. The minimum absolute atomic E-state index is 0.447. The summed E-state index contributed by atoms with van der Waals surface area (Å²) in [6, 6.07) is 0.516. The Morgan fingerprint density at radius 1 is 1.41 bits per heavy atom. The zero-order valence-corrected chi connectivity index (χ0v) is 9.97. The van der Waals surface area contributed by atoms with Gasteiger partial charge in [0.2, 0.25) is 0 Å². The Morgan fingerprint density at radius 3 is 3.18 bits per heavy atom. The van der Waals surface area contributed by atoms with Crippen LogP contribution in [0.25, 0.3) is 0 Å². The molecule has 3 aliphatic rings. The highest BCUT2D eigenvalue weighted by Gasteiger charge is 2.58. The van der Waals surface area contributed by atoms with E-state index in [9.17, 15) is 0 Å². The fourth-order valence-electron chi connectivity index (χ4n) is 4.28. The van der Waals surface area contributed by atoms with Crippen molar-refractivity contribution in [1.82, 2.24) is 20.2 Å². The lowest BCUT2D eigenvalue weighted by molar-refractivity contribution is 0.144. The summed E-state index contributed by atoms with van der Waals surface area (Å²) in [7, 11) is 0. The predicted octanol–water partition coefficient (Wildman–Crippen LogP) is 0.975. The molecule has 0 amide bonds. The second-order valence-corrected chi connectivity index (χ2v) is 5.59. The van der Waals surface area contributed by atoms with Crippen LogP contribution >= 0.6 is 0 Å². The summed E-state index contributed by atoms with van der Waals surface area (Å²) in [6.45, 7) is 3.60. The number of rotatable bonds is 1. The summed E-state index contributed by atoms with van der Waals surface area (Å²) in [5.41, 5.74) is 1.61. The number of nitrogens with zero attached hydrogens (tertiary/aromatic N) is 3. The van der Waals surface area contributed by atoms with Gasteiger partial charge in [-0.15, -0.1) is 0 Å². The Labute approximate surface area is 101 Å². The van der Waals surface area contributed by atoms with E-state index < -0.39 is 0 Å². The molecule has 0 aliphatic carbocycles. The zero-order valence-electron chi connectivity index (χ0n) is 9.97. The van der Waals surface area contributed by atoms with E-state index in [0.29, 0.717) is 11.6 Å². The predicted molar refractivity (Wildman–Crippen MR) is 64.4 cm³/mol. The van der Waals surface area contributed by atoms with Crippen LogP contribution < -0.4 is 5.32 Å². The Morgan fingerprint density at radius 2 is 2.41 bits per heavy atom. The summed E-state index contributed by atoms with van der Waals surface area (Å²) in [5, 5.41) is 3.55. The number of nitrogens with one attached hydrogen (secondary N) is 1. The molecule has 1 aromatic heterocycles. The van der Waals surface area contributed by atoms with E-state index in [1.807, 2.05) is 12.4 Å². The van der Waals surface area contributed by atoms with Gasteiger partial charge in [-0.3, -0.25) is 14.9 Å². The highest BCUT2D eigenvalue weighted by atomic mass is 15.3. The van der Waals surface area contributed by atoms with Crippen LogP contribution in [-0.2, 0) is 0 Å². The fourth-order valence-corrected chi connectivity index (χ4v) is 4.28. The van der Waals surface area contributed by atoms with Crippen molar-refractivity contribution in [2.75, 3.05) is 19.6 Å². The molecule has 3 fully saturated rings. The number of aromatic nitrogens is 2. The molecule has 1 N–H and O–H groups in total. The van der Waals surface area contributed by atoms with Crippen LogP contribution in [0.15, 0.2) is 18.6 Å². The van der Waals surface area contributed by atoms with Crippen LogP contribution in [0.5, 0.6) is 0 Å². The van der Waals surface area contributed by atoms with Gasteiger partial charge in [0.25, 0.3) is 0 Å². The molecule has 3 aliphatic heterocycles. The molecule has 4 rings (SSSR count). The van der Waals surface area contributed by atoms with Crippen LogP contribution in [0.3, 0.4) is 0 Å². The van der Waals surface area contributed by atoms with Gasteiger partial charge in [0.1, 0.15) is 0 Å². The van der Waals surface area contributed by atoms with Gasteiger partial charge >= 0.3 is 0 Å². The van der Waals surface area contributed by atoms with Gasteiger partial charge in [-0.25, -0.2) is 0 Å². The van der Waals surface area contributed by atoms with Gasteiger partial charge in [0, 0.05) is 30.7 Å². The molecular weight excluding hydrogens is 212 g/mol. The first kappa shape index (κ1) is 9.97. The maximum atomic E-state index is 4.51. The Hall–Kier alpha value is -1.00. The van der Waals surface area contributed by atoms with Crippen molar-refractivity contribution >= 4 is 0 Å². The van der Waals surface area contributed by atoms with Crippen LogP contribution in [-0.4, -0.2) is 40.0 Å². The quantitative estimate of drug-likeness (QED) is 0.780. The van der Waals surface area contributed by atoms with Crippen LogP contribution in [0.4, 0.5) is 0 Å². The van der Waals surface area contributed by atoms with E-state index in [2.05, 4.69) is 20.2 Å². The second-order valence-electron chi connectivity index (χ2n) is 5.59. The molecule has 4 nitrogen and oxygen atoms in total. The normalized spacial score (nSPS) is 43.6. The highest BCUT2D eigenvalue weighted by molar-refractivity contribution is 5.19. The minimum atomic E-state index is 0.447. The third-order valence-electron chi connectivity index (χ3n) is 5.02. The molecule has 2 bridgehead atoms. The molecule has 4 atom stereocenters. The third kappa shape index (κ3) is 1.25. The van der Waals surface area contributed by atoms with E-state index in [1.54, 1.807) is 6.20 Å². The van der Waals surface area contributed by atoms with Crippen molar-refractivity contribution in [3.8, 4) is 0 Å². The van der Waals surface area contributed by atoms with Crippen molar-refractivity contribution in [3.05, 3.63) is 24.3 Å². The van der Waals surface area contributed by atoms with Gasteiger partial charge < -0.3 is 5.32 Å². The molecule has 1 spiro atoms. The summed E-state index contributed by atoms with van der Waals surface area (Å²) in [4.78, 5) is 11.4. The van der Waals surface area contributed by atoms with Gasteiger partial charge in [-0.2, -0.15) is 0 Å². The standard InChI is InChI=1S/C13H18N4/c1-6-17-12(11-8-14-4-5-16-11)7-10(1)13(17)2-3-15-9-13/h4-5,8,10,12,15H,1-3,6-7,9H2. The molecule has 0 saturated carbocycles. The molecular formula is C13H18N4. The van der Waals surface area contributed by atoms with Gasteiger partial charge in [-0.1, -0.05) is 0 Å². The van der Waals surface area contributed by atoms with Crippen molar-refractivity contribution in [2.45, 2.75) is 30.8 Å². The van der Waals surface area contributed by atoms with Crippen LogP contribution in [0, 0.1) is 5.92 Å². The van der Waals surface area contributed by atoms with Crippen LogP contribution in [0.2, 0.25) is 0 Å². The lowest BCUT2D eigenvalue weighted by atomic mass is 9.84. The lowest BCUT2D eigenvalue weighted by Gasteiger charge is -2.33. The summed E-state index contributed by atoms with van der Waals surface area (Å²) in [6.07, 6.45) is 9.50. The molecule has 4 unspecified atom stereocenters. The second kappa shape index (κ2) is 3.50. The first-order valence-electron chi connectivity index (χ1n) is 6.63. The molecule has 4 heterocycles. The van der Waals surface area contributed by atoms with Crippen molar-refractivity contribution < 1.29 is 0 Å². The van der Waals surface area contributed by atoms with E-state index >= 15 is 0 Å². The summed E-state index contributed by atoms with van der Waals surface area (Å²) in [5.74, 6) is 0.865. The van der Waals surface area contributed by atoms with Crippen molar-refractivity contribution in [2.24, 2.45) is 5.92 Å².